The first-order valence-corrected chi connectivity index (χ1v) is 6.51. The first-order chi connectivity index (χ1) is 8.22. The van der Waals surface area contributed by atoms with Crippen LogP contribution in [0.2, 0.25) is 0 Å². The lowest BCUT2D eigenvalue weighted by atomic mass is 10.0. The van der Waals surface area contributed by atoms with Crippen LogP contribution in [0.4, 0.5) is 0 Å². The van der Waals surface area contributed by atoms with Crippen LogP contribution in [0.25, 0.3) is 0 Å². The summed E-state index contributed by atoms with van der Waals surface area (Å²) in [5.41, 5.74) is 1.19. The minimum absolute atomic E-state index is 0.601. The van der Waals surface area contributed by atoms with Crippen LogP contribution in [0.5, 0.6) is 5.75 Å². The summed E-state index contributed by atoms with van der Waals surface area (Å²) >= 11 is 0. The molecule has 98 valence electrons. The molecular formula is C13H25N3O. The fourth-order valence-corrected chi connectivity index (χ4v) is 2.19. The topological polar surface area (TPSA) is 39.1 Å². The Kier molecular flexibility index (Phi) is 6.05. The summed E-state index contributed by atoms with van der Waals surface area (Å²) in [6.07, 6.45) is 6.39. The van der Waals surface area contributed by atoms with Crippen molar-refractivity contribution in [1.29, 1.82) is 0 Å². The Labute approximate surface area is 104 Å². The van der Waals surface area contributed by atoms with Crippen molar-refractivity contribution >= 4 is 0 Å². The van der Waals surface area contributed by atoms with Crippen molar-refractivity contribution in [2.24, 2.45) is 7.05 Å². The van der Waals surface area contributed by atoms with E-state index in [0.29, 0.717) is 6.04 Å². The number of nitrogens with one attached hydrogen (secondary N) is 1. The van der Waals surface area contributed by atoms with Crippen LogP contribution in [0.1, 0.15) is 38.8 Å². The lowest BCUT2D eigenvalue weighted by Crippen LogP contribution is -2.29. The van der Waals surface area contributed by atoms with Gasteiger partial charge in [-0.05, 0) is 25.8 Å². The second-order valence-electron chi connectivity index (χ2n) is 4.37. The van der Waals surface area contributed by atoms with E-state index in [4.69, 9.17) is 4.74 Å². The van der Waals surface area contributed by atoms with E-state index in [2.05, 4.69) is 24.3 Å². The predicted octanol–water partition coefficient (Wildman–Crippen LogP) is 2.14. The molecular weight excluding hydrogens is 214 g/mol. The number of hydrogen-bond acceptors (Lipinski definition) is 3. The number of hydrogen-bond donors (Lipinski definition) is 1. The zero-order chi connectivity index (χ0) is 12.7. The second kappa shape index (κ2) is 7.33. The number of nitrogens with zero attached hydrogens (tertiary/aromatic N) is 2. The predicted molar refractivity (Wildman–Crippen MR) is 70.5 cm³/mol. The molecule has 1 atom stereocenters. The molecule has 4 nitrogen and oxygen atoms in total. The number of aryl methyl sites for hydroxylation is 1. The molecule has 0 bridgehead atoms. The van der Waals surface area contributed by atoms with E-state index < -0.39 is 0 Å². The number of ether oxygens (including phenoxy) is 1. The molecule has 0 aliphatic heterocycles. The van der Waals surface area contributed by atoms with Gasteiger partial charge in [-0.15, -0.1) is 0 Å². The highest BCUT2D eigenvalue weighted by molar-refractivity contribution is 5.25. The summed E-state index contributed by atoms with van der Waals surface area (Å²) < 4.78 is 7.23. The fourth-order valence-electron chi connectivity index (χ4n) is 2.19. The van der Waals surface area contributed by atoms with E-state index in [1.165, 1.54) is 18.5 Å². The van der Waals surface area contributed by atoms with Gasteiger partial charge >= 0.3 is 0 Å². The molecule has 0 aliphatic rings. The molecule has 0 spiro atoms. The number of methoxy groups -OCH3 is 1. The van der Waals surface area contributed by atoms with E-state index in [1.54, 1.807) is 13.3 Å². The zero-order valence-corrected chi connectivity index (χ0v) is 11.5. The van der Waals surface area contributed by atoms with Gasteiger partial charge in [0.1, 0.15) is 0 Å². The largest absolute Gasteiger partial charge is 0.493 e. The van der Waals surface area contributed by atoms with E-state index >= 15 is 0 Å². The van der Waals surface area contributed by atoms with Gasteiger partial charge in [-0.25, -0.2) is 0 Å². The first-order valence-electron chi connectivity index (χ1n) is 6.51. The van der Waals surface area contributed by atoms with Crippen LogP contribution in [0.15, 0.2) is 6.20 Å². The van der Waals surface area contributed by atoms with Gasteiger partial charge in [0.05, 0.1) is 19.0 Å². The molecule has 0 aliphatic carbocycles. The van der Waals surface area contributed by atoms with Gasteiger partial charge in [-0.2, -0.15) is 5.10 Å². The Morgan fingerprint density at radius 2 is 2.18 bits per heavy atom. The Balaban J connectivity index is 2.54. The van der Waals surface area contributed by atoms with Gasteiger partial charge in [-0.1, -0.05) is 20.3 Å². The van der Waals surface area contributed by atoms with Gasteiger partial charge in [0, 0.05) is 13.1 Å². The van der Waals surface area contributed by atoms with Crippen molar-refractivity contribution in [1.82, 2.24) is 15.1 Å². The molecule has 0 amide bonds. The monoisotopic (exact) mass is 239 g/mol. The highest BCUT2D eigenvalue weighted by atomic mass is 16.5. The molecule has 1 aromatic heterocycles. The Bertz CT molecular complexity index is 316. The zero-order valence-electron chi connectivity index (χ0n) is 11.5. The Morgan fingerprint density at radius 1 is 1.41 bits per heavy atom. The van der Waals surface area contributed by atoms with Crippen LogP contribution in [0, 0.1) is 0 Å². The van der Waals surface area contributed by atoms with Gasteiger partial charge < -0.3 is 10.1 Å². The SMILES string of the molecule is CCCC(CCc1c(OC)cnn1C)NCC. The maximum atomic E-state index is 5.31. The fraction of sp³-hybridized carbons (Fsp3) is 0.769. The normalized spacial score (nSPS) is 12.7. The van der Waals surface area contributed by atoms with Crippen LogP contribution >= 0.6 is 0 Å². The molecule has 0 saturated carbocycles. The van der Waals surface area contributed by atoms with Gasteiger partial charge in [0.25, 0.3) is 0 Å². The van der Waals surface area contributed by atoms with Crippen molar-refractivity contribution < 1.29 is 4.74 Å². The van der Waals surface area contributed by atoms with E-state index in [9.17, 15) is 0 Å². The average Bonchev–Trinajstić information content (AvgIpc) is 2.67. The van der Waals surface area contributed by atoms with Crippen molar-refractivity contribution in [3.8, 4) is 5.75 Å². The Morgan fingerprint density at radius 3 is 2.76 bits per heavy atom. The summed E-state index contributed by atoms with van der Waals surface area (Å²) in [4.78, 5) is 0. The van der Waals surface area contributed by atoms with E-state index in [0.717, 1.165) is 25.1 Å². The minimum Gasteiger partial charge on any atom is -0.493 e. The van der Waals surface area contributed by atoms with E-state index in [-0.39, 0.29) is 0 Å². The second-order valence-corrected chi connectivity index (χ2v) is 4.37. The molecule has 0 saturated heterocycles. The highest BCUT2D eigenvalue weighted by Gasteiger charge is 2.12. The van der Waals surface area contributed by atoms with Crippen molar-refractivity contribution in [2.45, 2.75) is 45.6 Å². The first kappa shape index (κ1) is 14.0. The van der Waals surface area contributed by atoms with Crippen LogP contribution in [-0.2, 0) is 13.5 Å². The molecule has 0 aromatic carbocycles. The third-order valence-corrected chi connectivity index (χ3v) is 3.10. The molecule has 1 rings (SSSR count). The smallest absolute Gasteiger partial charge is 0.159 e. The van der Waals surface area contributed by atoms with Crippen LogP contribution < -0.4 is 10.1 Å². The maximum absolute atomic E-state index is 5.31. The maximum Gasteiger partial charge on any atom is 0.159 e. The molecule has 1 N–H and O–H groups in total. The molecule has 1 unspecified atom stereocenters. The van der Waals surface area contributed by atoms with Crippen molar-refractivity contribution in [3.63, 3.8) is 0 Å². The van der Waals surface area contributed by atoms with Crippen LogP contribution in [0.3, 0.4) is 0 Å². The summed E-state index contributed by atoms with van der Waals surface area (Å²) in [6, 6.07) is 0.601. The van der Waals surface area contributed by atoms with E-state index in [1.807, 2.05) is 11.7 Å². The lowest BCUT2D eigenvalue weighted by Gasteiger charge is -2.17. The summed E-state index contributed by atoms with van der Waals surface area (Å²) in [5, 5.41) is 7.76. The molecule has 17 heavy (non-hydrogen) atoms. The summed E-state index contributed by atoms with van der Waals surface area (Å²) in [6.45, 7) is 5.43. The molecule has 1 heterocycles. The standard InChI is InChI=1S/C13H25N3O/c1-5-7-11(14-6-2)8-9-12-13(17-4)10-15-16(12)3/h10-11,14H,5-9H2,1-4H3. The quantitative estimate of drug-likeness (QED) is 0.755. The van der Waals surface area contributed by atoms with Crippen molar-refractivity contribution in [2.75, 3.05) is 13.7 Å². The van der Waals surface area contributed by atoms with Crippen molar-refractivity contribution in [3.05, 3.63) is 11.9 Å². The molecule has 4 heteroatoms. The van der Waals surface area contributed by atoms with Gasteiger partial charge in [0.2, 0.25) is 0 Å². The van der Waals surface area contributed by atoms with Crippen LogP contribution in [-0.4, -0.2) is 29.5 Å². The minimum atomic E-state index is 0.601. The Hall–Kier alpha value is -1.03. The molecule has 0 radical (unpaired) electrons. The molecule has 0 fully saturated rings. The summed E-state index contributed by atoms with van der Waals surface area (Å²) in [5.74, 6) is 0.902. The number of aromatic nitrogens is 2. The molecule has 1 aromatic rings. The van der Waals surface area contributed by atoms with Gasteiger partial charge in [-0.3, -0.25) is 4.68 Å². The third kappa shape index (κ3) is 4.04. The average molecular weight is 239 g/mol. The summed E-state index contributed by atoms with van der Waals surface area (Å²) in [7, 11) is 3.67. The van der Waals surface area contributed by atoms with Gasteiger partial charge in [0.15, 0.2) is 5.75 Å². The number of rotatable bonds is 8. The third-order valence-electron chi connectivity index (χ3n) is 3.10. The lowest BCUT2D eigenvalue weighted by molar-refractivity contribution is 0.401. The highest BCUT2D eigenvalue weighted by Crippen LogP contribution is 2.19.